The molecule has 2 aromatic heterocycles. The van der Waals surface area contributed by atoms with E-state index in [0.29, 0.717) is 38.3 Å². The summed E-state index contributed by atoms with van der Waals surface area (Å²) in [6.45, 7) is 0. The van der Waals surface area contributed by atoms with E-state index in [-0.39, 0.29) is 54.2 Å². The van der Waals surface area contributed by atoms with Gasteiger partial charge in [0.05, 0.1) is 16.7 Å². The van der Waals surface area contributed by atoms with Crippen molar-refractivity contribution in [2.75, 3.05) is 0 Å². The Kier molecular flexibility index (Phi) is 1.27. The van der Waals surface area contributed by atoms with Crippen LogP contribution < -0.4 is 9.75 Å². The zero-order valence-electron chi connectivity index (χ0n) is 17.8. The maximum Gasteiger partial charge on any atom is 0.0840 e. The van der Waals surface area contributed by atoms with Gasteiger partial charge in [0.1, 0.15) is 0 Å². The van der Waals surface area contributed by atoms with Crippen LogP contribution in [0.5, 0.6) is 0 Å². The van der Waals surface area contributed by atoms with Crippen LogP contribution >= 0.6 is 11.3 Å². The smallest absolute Gasteiger partial charge is 0.0840 e. The quantitative estimate of drug-likeness (QED) is 0.663. The molecule has 0 amide bonds. The van der Waals surface area contributed by atoms with Gasteiger partial charge in [-0.15, -0.1) is 11.3 Å². The van der Waals surface area contributed by atoms with Gasteiger partial charge in [0.2, 0.25) is 0 Å². The molecule has 0 saturated carbocycles. The first kappa shape index (κ1) is 5.59. The number of rotatable bonds is 1. The molecule has 0 aliphatic heterocycles. The lowest BCUT2D eigenvalue weighted by atomic mass is 10.0. The van der Waals surface area contributed by atoms with E-state index < -0.39 is 0 Å². The van der Waals surface area contributed by atoms with E-state index in [1.54, 1.807) is 0 Å². The summed E-state index contributed by atoms with van der Waals surface area (Å²) in [5.41, 5.74) is 0.828. The molecule has 0 radical (unpaired) electrons. The van der Waals surface area contributed by atoms with Crippen molar-refractivity contribution in [3.8, 4) is 0 Å². The van der Waals surface area contributed by atoms with E-state index in [1.807, 2.05) is 6.08 Å². The highest BCUT2D eigenvalue weighted by Crippen LogP contribution is 2.21. The van der Waals surface area contributed by atoms with Crippen LogP contribution in [0.2, 0.25) is 0 Å². The van der Waals surface area contributed by atoms with Crippen LogP contribution in [-0.4, -0.2) is 4.98 Å². The molecule has 4 rings (SSSR count). The van der Waals surface area contributed by atoms with Crippen molar-refractivity contribution in [3.05, 3.63) is 63.9 Å². The molecule has 0 fully saturated rings. The molecule has 0 unspecified atom stereocenters. The molecule has 1 aliphatic carbocycles. The van der Waals surface area contributed by atoms with Crippen LogP contribution in [0.25, 0.3) is 21.7 Å². The molecule has 92 valence electrons. The van der Waals surface area contributed by atoms with Gasteiger partial charge in [0.15, 0.2) is 0 Å². The van der Waals surface area contributed by atoms with Gasteiger partial charge in [0, 0.05) is 15.4 Å². The SMILES string of the molecule is [2H]c1nc(C2=c3sc4c([2H])c([2H])c([2H])c([2H])c4c3=CCC2)c([2H])c([2H])c1[2H]. The van der Waals surface area contributed by atoms with Crippen molar-refractivity contribution < 1.29 is 11.0 Å². The number of hydrogen-bond acceptors (Lipinski definition) is 2. The normalized spacial score (nSPS) is 20.1. The molecule has 1 aromatic carbocycles. The molecule has 2 heterocycles. The van der Waals surface area contributed by atoms with Gasteiger partial charge in [-0.25, -0.2) is 0 Å². The van der Waals surface area contributed by atoms with Crippen molar-refractivity contribution in [1.82, 2.24) is 4.98 Å². The van der Waals surface area contributed by atoms with Gasteiger partial charge >= 0.3 is 0 Å². The summed E-state index contributed by atoms with van der Waals surface area (Å²) < 4.78 is 64.9. The molecule has 0 N–H and O–H groups in total. The maximum absolute atomic E-state index is 8.24. The van der Waals surface area contributed by atoms with Crippen LogP contribution in [0.1, 0.15) is 29.5 Å². The number of aromatic nitrogens is 1. The number of fused-ring (bicyclic) bond motifs is 3. The number of hydrogen-bond donors (Lipinski definition) is 0. The van der Waals surface area contributed by atoms with Gasteiger partial charge in [0.25, 0.3) is 0 Å². The third-order valence-electron chi connectivity index (χ3n) is 3.14. The fraction of sp³-hybridized carbons (Fsp3) is 0.118. The minimum Gasteiger partial charge on any atom is -0.257 e. The van der Waals surface area contributed by atoms with E-state index in [2.05, 4.69) is 4.98 Å². The van der Waals surface area contributed by atoms with E-state index in [4.69, 9.17) is 11.0 Å². The van der Waals surface area contributed by atoms with E-state index in [0.717, 1.165) is 0 Å². The highest BCUT2D eigenvalue weighted by atomic mass is 32.1. The van der Waals surface area contributed by atoms with E-state index in [1.165, 1.54) is 11.3 Å². The topological polar surface area (TPSA) is 12.9 Å². The third-order valence-corrected chi connectivity index (χ3v) is 4.32. The molecule has 19 heavy (non-hydrogen) atoms. The Morgan fingerprint density at radius 1 is 1.11 bits per heavy atom. The molecular weight excluding hydrogens is 250 g/mol. The second-order valence-electron chi connectivity index (χ2n) is 4.22. The third kappa shape index (κ3) is 1.71. The summed E-state index contributed by atoms with van der Waals surface area (Å²) in [7, 11) is 0. The first-order valence-corrected chi connectivity index (χ1v) is 6.72. The van der Waals surface area contributed by atoms with Crippen LogP contribution in [0.3, 0.4) is 0 Å². The Hall–Kier alpha value is -1.93. The van der Waals surface area contributed by atoms with Gasteiger partial charge in [-0.2, -0.15) is 0 Å². The summed E-state index contributed by atoms with van der Waals surface area (Å²) in [5.74, 6) is 0. The zero-order chi connectivity index (χ0) is 19.6. The number of nitrogens with zero attached hydrogens (tertiary/aromatic N) is 1. The predicted molar refractivity (Wildman–Crippen MR) is 81.5 cm³/mol. The van der Waals surface area contributed by atoms with Crippen LogP contribution in [0.4, 0.5) is 0 Å². The molecule has 1 aliphatic rings. The highest BCUT2D eigenvalue weighted by Gasteiger charge is 2.11. The van der Waals surface area contributed by atoms with Crippen LogP contribution in [-0.2, 0) is 0 Å². The molecule has 0 atom stereocenters. The lowest BCUT2D eigenvalue weighted by Gasteiger charge is -2.07. The first-order valence-electron chi connectivity index (χ1n) is 9.91. The highest BCUT2D eigenvalue weighted by molar-refractivity contribution is 7.17. The Balaban J connectivity index is 2.20. The monoisotopic (exact) mass is 271 g/mol. The Bertz CT molecular complexity index is 1260. The molecule has 1 nitrogen and oxygen atoms in total. The van der Waals surface area contributed by atoms with E-state index in [9.17, 15) is 0 Å². The fourth-order valence-electron chi connectivity index (χ4n) is 2.33. The van der Waals surface area contributed by atoms with E-state index >= 15 is 0 Å². The fourth-order valence-corrected chi connectivity index (χ4v) is 3.52. The lowest BCUT2D eigenvalue weighted by Crippen LogP contribution is -2.25. The molecule has 0 bridgehead atoms. The lowest BCUT2D eigenvalue weighted by molar-refractivity contribution is 1.07. The summed E-state index contributed by atoms with van der Waals surface area (Å²) in [4.78, 5) is 4.07. The first-order chi connectivity index (χ1) is 12.7. The second kappa shape index (κ2) is 4.32. The average molecular weight is 271 g/mol. The van der Waals surface area contributed by atoms with Crippen molar-refractivity contribution >= 4 is 33.1 Å². The molecule has 3 aromatic rings. The van der Waals surface area contributed by atoms with Crippen molar-refractivity contribution in [1.29, 1.82) is 0 Å². The average Bonchev–Trinajstić information content (AvgIpc) is 3.05. The van der Waals surface area contributed by atoms with Crippen LogP contribution in [0, 0.1) is 0 Å². The summed E-state index contributed by atoms with van der Waals surface area (Å²) in [6, 6.07) is -1.71. The van der Waals surface area contributed by atoms with Gasteiger partial charge in [-0.1, -0.05) is 30.2 Å². The molecule has 0 spiro atoms. The Morgan fingerprint density at radius 2 is 2.00 bits per heavy atom. The summed E-state index contributed by atoms with van der Waals surface area (Å²) in [6.07, 6.45) is 2.68. The predicted octanol–water partition coefficient (Wildman–Crippen LogP) is 3.07. The van der Waals surface area contributed by atoms with Gasteiger partial charge < -0.3 is 0 Å². The van der Waals surface area contributed by atoms with Crippen molar-refractivity contribution in [2.24, 2.45) is 0 Å². The van der Waals surface area contributed by atoms with Crippen molar-refractivity contribution in [3.63, 3.8) is 0 Å². The van der Waals surface area contributed by atoms with Gasteiger partial charge in [-0.05, 0) is 47.1 Å². The minimum atomic E-state index is -0.386. The number of benzene rings is 1. The van der Waals surface area contributed by atoms with Crippen molar-refractivity contribution in [2.45, 2.75) is 12.8 Å². The van der Waals surface area contributed by atoms with Gasteiger partial charge in [-0.3, -0.25) is 4.98 Å². The summed E-state index contributed by atoms with van der Waals surface area (Å²) >= 11 is 1.22. The Labute approximate surface area is 126 Å². The zero-order valence-corrected chi connectivity index (χ0v) is 10.7. The largest absolute Gasteiger partial charge is 0.257 e. The minimum absolute atomic E-state index is 0.0936. The number of thiophene rings is 1. The standard InChI is InChI=1S/C17H13NS/c1-2-10-16-12(6-1)13-7-5-8-14(17(13)19-16)15-9-3-4-11-18-15/h1-4,6-7,9-11H,5,8H2/i1D,2D,3D,4D,6D,9D,10D,11D. The van der Waals surface area contributed by atoms with Crippen LogP contribution in [0.15, 0.2) is 48.5 Å². The second-order valence-corrected chi connectivity index (χ2v) is 5.24. The summed E-state index contributed by atoms with van der Waals surface area (Å²) in [5, 5.41) is 1.15. The number of pyridine rings is 1. The molecule has 2 heteroatoms. The maximum atomic E-state index is 8.24. The molecular formula is C17H13NS. The Morgan fingerprint density at radius 3 is 3.00 bits per heavy atom. The molecule has 0 saturated heterocycles.